The van der Waals surface area contributed by atoms with Gasteiger partial charge >= 0.3 is 5.97 Å². The molecule has 2 heterocycles. The predicted molar refractivity (Wildman–Crippen MR) is 76.5 cm³/mol. The molecule has 0 aliphatic carbocycles. The van der Waals surface area contributed by atoms with Crippen LogP contribution in [0.4, 0.5) is 0 Å². The van der Waals surface area contributed by atoms with Crippen LogP contribution in [0.25, 0.3) is 0 Å². The number of hydrogen-bond donors (Lipinski definition) is 0. The SMILES string of the molecule is COC(=O)C1CCCN(C2=NS(=O)(=O)c3ccccc32)C1. The van der Waals surface area contributed by atoms with Gasteiger partial charge in [0.15, 0.2) is 5.84 Å². The van der Waals surface area contributed by atoms with Crippen molar-refractivity contribution in [1.29, 1.82) is 0 Å². The lowest BCUT2D eigenvalue weighted by Gasteiger charge is -2.32. The lowest BCUT2D eigenvalue weighted by molar-refractivity contribution is -0.146. The van der Waals surface area contributed by atoms with Gasteiger partial charge in [0.1, 0.15) is 4.90 Å². The summed E-state index contributed by atoms with van der Waals surface area (Å²) in [7, 11) is -2.25. The molecule has 0 saturated carbocycles. The Balaban J connectivity index is 1.93. The van der Waals surface area contributed by atoms with Crippen molar-refractivity contribution >= 4 is 21.8 Å². The molecule has 0 spiro atoms. The first-order valence-corrected chi connectivity index (χ1v) is 8.24. The van der Waals surface area contributed by atoms with Crippen LogP contribution < -0.4 is 0 Å². The number of ether oxygens (including phenoxy) is 1. The third-order valence-corrected chi connectivity index (χ3v) is 5.19. The molecule has 1 saturated heterocycles. The van der Waals surface area contributed by atoms with Crippen molar-refractivity contribution in [2.75, 3.05) is 20.2 Å². The number of amidine groups is 1. The van der Waals surface area contributed by atoms with Gasteiger partial charge in [0.25, 0.3) is 10.0 Å². The van der Waals surface area contributed by atoms with E-state index in [9.17, 15) is 13.2 Å². The molecule has 1 aromatic rings. The van der Waals surface area contributed by atoms with Gasteiger partial charge in [-0.1, -0.05) is 12.1 Å². The molecule has 3 rings (SSSR count). The third kappa shape index (κ3) is 2.42. The van der Waals surface area contributed by atoms with Crippen molar-refractivity contribution < 1.29 is 17.9 Å². The zero-order valence-corrected chi connectivity index (χ0v) is 12.5. The Morgan fingerprint density at radius 3 is 2.90 bits per heavy atom. The quantitative estimate of drug-likeness (QED) is 0.724. The summed E-state index contributed by atoms with van der Waals surface area (Å²) in [5, 5.41) is 0. The molecule has 1 unspecified atom stereocenters. The third-order valence-electron chi connectivity index (χ3n) is 3.87. The van der Waals surface area contributed by atoms with Crippen molar-refractivity contribution in [3.8, 4) is 0 Å². The first kappa shape index (κ1) is 14.1. The largest absolute Gasteiger partial charge is 0.469 e. The molecule has 21 heavy (non-hydrogen) atoms. The topological polar surface area (TPSA) is 76.0 Å². The second-order valence-corrected chi connectivity index (χ2v) is 6.77. The number of nitrogens with zero attached hydrogens (tertiary/aromatic N) is 2. The van der Waals surface area contributed by atoms with Crippen LogP contribution in [0.3, 0.4) is 0 Å². The number of esters is 1. The maximum Gasteiger partial charge on any atom is 0.310 e. The van der Waals surface area contributed by atoms with E-state index in [1.54, 1.807) is 24.3 Å². The number of fused-ring (bicyclic) bond motifs is 1. The van der Waals surface area contributed by atoms with Gasteiger partial charge in [-0.15, -0.1) is 4.40 Å². The van der Waals surface area contributed by atoms with Gasteiger partial charge in [0.2, 0.25) is 0 Å². The van der Waals surface area contributed by atoms with Crippen LogP contribution in [-0.2, 0) is 19.6 Å². The average molecular weight is 308 g/mol. The summed E-state index contributed by atoms with van der Waals surface area (Å²) in [6.45, 7) is 1.13. The first-order chi connectivity index (χ1) is 10.0. The molecule has 112 valence electrons. The number of methoxy groups -OCH3 is 1. The fourth-order valence-corrected chi connectivity index (χ4v) is 4.07. The molecule has 0 bridgehead atoms. The fraction of sp³-hybridized carbons (Fsp3) is 0.429. The number of piperidine rings is 1. The molecular formula is C14H16N2O4S. The van der Waals surface area contributed by atoms with E-state index in [-0.39, 0.29) is 16.8 Å². The molecule has 0 radical (unpaired) electrons. The van der Waals surface area contributed by atoms with Gasteiger partial charge in [-0.25, -0.2) is 0 Å². The minimum Gasteiger partial charge on any atom is -0.469 e. The second kappa shape index (κ2) is 5.14. The van der Waals surface area contributed by atoms with Gasteiger partial charge in [0, 0.05) is 18.7 Å². The smallest absolute Gasteiger partial charge is 0.310 e. The highest BCUT2D eigenvalue weighted by Crippen LogP contribution is 2.29. The Kier molecular flexibility index (Phi) is 3.44. The second-order valence-electron chi connectivity index (χ2n) is 5.19. The molecule has 0 amide bonds. The van der Waals surface area contributed by atoms with Crippen LogP contribution in [0.2, 0.25) is 0 Å². The van der Waals surface area contributed by atoms with E-state index >= 15 is 0 Å². The van der Waals surface area contributed by atoms with Crippen LogP contribution in [-0.4, -0.2) is 45.3 Å². The van der Waals surface area contributed by atoms with E-state index < -0.39 is 10.0 Å². The van der Waals surface area contributed by atoms with Crippen molar-refractivity contribution in [1.82, 2.24) is 4.90 Å². The van der Waals surface area contributed by atoms with E-state index in [1.165, 1.54) is 7.11 Å². The number of carbonyl (C=O) groups is 1. The summed E-state index contributed by atoms with van der Waals surface area (Å²) in [6.07, 6.45) is 1.56. The average Bonchev–Trinajstić information content (AvgIpc) is 2.79. The minimum absolute atomic E-state index is 0.234. The number of likely N-dealkylation sites (tertiary alicyclic amines) is 1. The summed E-state index contributed by atoms with van der Waals surface area (Å²) in [6, 6.07) is 6.78. The van der Waals surface area contributed by atoms with E-state index in [2.05, 4.69) is 4.40 Å². The lowest BCUT2D eigenvalue weighted by Crippen LogP contribution is -2.42. The number of hydrogen-bond acceptors (Lipinski definition) is 5. The maximum absolute atomic E-state index is 12.1. The summed E-state index contributed by atoms with van der Waals surface area (Å²) in [5.41, 5.74) is 0.614. The predicted octanol–water partition coefficient (Wildman–Crippen LogP) is 1.02. The minimum atomic E-state index is -3.62. The van der Waals surface area contributed by atoms with Crippen LogP contribution in [0.15, 0.2) is 33.6 Å². The number of sulfonamides is 1. The van der Waals surface area contributed by atoms with E-state index in [0.29, 0.717) is 24.5 Å². The molecule has 6 nitrogen and oxygen atoms in total. The summed E-state index contributed by atoms with van der Waals surface area (Å²) < 4.78 is 32.8. The van der Waals surface area contributed by atoms with Crippen molar-refractivity contribution in [3.63, 3.8) is 0 Å². The zero-order valence-electron chi connectivity index (χ0n) is 11.7. The first-order valence-electron chi connectivity index (χ1n) is 6.80. The van der Waals surface area contributed by atoms with Crippen LogP contribution in [0.1, 0.15) is 18.4 Å². The number of rotatable bonds is 1. The Hall–Kier alpha value is -1.89. The highest BCUT2D eigenvalue weighted by atomic mass is 32.2. The molecule has 2 aliphatic heterocycles. The molecule has 2 aliphatic rings. The summed E-state index contributed by atoms with van der Waals surface area (Å²) >= 11 is 0. The molecule has 1 fully saturated rings. The van der Waals surface area contributed by atoms with Gasteiger partial charge in [-0.3, -0.25) is 4.79 Å². The highest BCUT2D eigenvalue weighted by Gasteiger charge is 2.35. The molecule has 0 N–H and O–H groups in total. The van der Waals surface area contributed by atoms with E-state index in [4.69, 9.17) is 4.74 Å². The van der Waals surface area contributed by atoms with Crippen LogP contribution in [0.5, 0.6) is 0 Å². The summed E-state index contributed by atoms with van der Waals surface area (Å²) in [5.74, 6) is -0.0458. The molecule has 0 aromatic heterocycles. The number of carbonyl (C=O) groups excluding carboxylic acids is 1. The maximum atomic E-state index is 12.1. The Morgan fingerprint density at radius 2 is 2.14 bits per heavy atom. The monoisotopic (exact) mass is 308 g/mol. The van der Waals surface area contributed by atoms with Crippen LogP contribution in [0, 0.1) is 5.92 Å². The lowest BCUT2D eigenvalue weighted by atomic mass is 9.97. The molecule has 7 heteroatoms. The van der Waals surface area contributed by atoms with Gasteiger partial charge in [-0.05, 0) is 25.0 Å². The summed E-state index contributed by atoms with van der Waals surface area (Å²) in [4.78, 5) is 13.8. The highest BCUT2D eigenvalue weighted by molar-refractivity contribution is 7.90. The van der Waals surface area contributed by atoms with Crippen LogP contribution >= 0.6 is 0 Å². The van der Waals surface area contributed by atoms with E-state index in [0.717, 1.165) is 12.8 Å². The fourth-order valence-electron chi connectivity index (χ4n) is 2.85. The Morgan fingerprint density at radius 1 is 1.38 bits per heavy atom. The van der Waals surface area contributed by atoms with Crippen molar-refractivity contribution in [2.45, 2.75) is 17.7 Å². The number of benzene rings is 1. The normalized spacial score (nSPS) is 23.4. The van der Waals surface area contributed by atoms with Gasteiger partial charge < -0.3 is 9.64 Å². The zero-order chi connectivity index (χ0) is 15.0. The Bertz CT molecular complexity index is 711. The van der Waals surface area contributed by atoms with Crippen molar-refractivity contribution in [3.05, 3.63) is 29.8 Å². The Labute approximate surface area is 123 Å². The standard InChI is InChI=1S/C14H16N2O4S/c1-20-14(17)10-5-4-8-16(9-10)13-11-6-2-3-7-12(11)21(18,19)15-13/h2-3,6-7,10H,4-5,8-9H2,1H3. The van der Waals surface area contributed by atoms with E-state index in [1.807, 2.05) is 4.90 Å². The molecule has 1 aromatic carbocycles. The van der Waals surface area contributed by atoms with Crippen molar-refractivity contribution in [2.24, 2.45) is 10.3 Å². The molecular weight excluding hydrogens is 292 g/mol. The van der Waals surface area contributed by atoms with Gasteiger partial charge in [0.05, 0.1) is 13.0 Å². The van der Waals surface area contributed by atoms with Gasteiger partial charge in [-0.2, -0.15) is 8.42 Å². The molecule has 1 atom stereocenters.